The Labute approximate surface area is 267 Å². The van der Waals surface area contributed by atoms with E-state index in [0.29, 0.717) is 0 Å². The predicted octanol–water partition coefficient (Wildman–Crippen LogP) is 12.7. The molecule has 0 aliphatic heterocycles. The van der Waals surface area contributed by atoms with Crippen LogP contribution < -0.4 is 4.90 Å². The summed E-state index contributed by atoms with van der Waals surface area (Å²) in [6.07, 6.45) is 0. The predicted molar refractivity (Wildman–Crippen MR) is 194 cm³/mol. The Kier molecular flexibility index (Phi) is 6.17. The van der Waals surface area contributed by atoms with Crippen LogP contribution in [-0.2, 0) is 0 Å². The summed E-state index contributed by atoms with van der Waals surface area (Å²) in [5.74, 6) is 0. The Bertz CT molecular complexity index is 2490. The molecule has 2 nitrogen and oxygen atoms in total. The van der Waals surface area contributed by atoms with Gasteiger partial charge in [0.25, 0.3) is 0 Å². The average Bonchev–Trinajstić information content (AvgIpc) is 3.52. The summed E-state index contributed by atoms with van der Waals surface area (Å²) in [6.45, 7) is 0. The third-order valence-electron chi connectivity index (χ3n) is 9.01. The first-order valence-electron chi connectivity index (χ1n) is 15.7. The van der Waals surface area contributed by atoms with Crippen LogP contribution in [0, 0.1) is 0 Å². The molecule has 0 fully saturated rings. The molecule has 1 aromatic heterocycles. The second-order valence-corrected chi connectivity index (χ2v) is 11.7. The fraction of sp³-hybridized carbons (Fsp3) is 0. The summed E-state index contributed by atoms with van der Waals surface area (Å²) in [6, 6.07) is 62.5. The van der Waals surface area contributed by atoms with E-state index in [0.717, 1.165) is 55.9 Å². The van der Waals surface area contributed by atoms with Crippen LogP contribution in [0.4, 0.5) is 17.1 Å². The van der Waals surface area contributed by atoms with Crippen molar-refractivity contribution in [2.75, 3.05) is 4.90 Å². The van der Waals surface area contributed by atoms with Crippen LogP contribution in [0.3, 0.4) is 0 Å². The number of para-hydroxylation sites is 3. The molecule has 0 bridgehead atoms. The molecule has 9 aromatic rings. The molecule has 9 rings (SSSR count). The highest BCUT2D eigenvalue weighted by molar-refractivity contribution is 6.27. The minimum Gasteiger partial charge on any atom is -0.455 e. The Hall–Kier alpha value is -6.12. The van der Waals surface area contributed by atoms with Crippen molar-refractivity contribution in [2.45, 2.75) is 0 Å². The van der Waals surface area contributed by atoms with E-state index in [1.54, 1.807) is 0 Å². The van der Waals surface area contributed by atoms with Gasteiger partial charge in [-0.15, -0.1) is 0 Å². The smallest absolute Gasteiger partial charge is 0.143 e. The maximum Gasteiger partial charge on any atom is 0.143 e. The van der Waals surface area contributed by atoms with Crippen LogP contribution in [-0.4, -0.2) is 0 Å². The van der Waals surface area contributed by atoms with Crippen molar-refractivity contribution in [2.24, 2.45) is 0 Å². The minimum atomic E-state index is 0.914. The lowest BCUT2D eigenvalue weighted by Crippen LogP contribution is -2.09. The molecule has 0 saturated carbocycles. The summed E-state index contributed by atoms with van der Waals surface area (Å²) in [5.41, 5.74) is 9.72. The van der Waals surface area contributed by atoms with Gasteiger partial charge in [-0.3, -0.25) is 0 Å². The first kappa shape index (κ1) is 26.3. The summed E-state index contributed by atoms with van der Waals surface area (Å²) in [4.78, 5) is 2.30. The van der Waals surface area contributed by atoms with Crippen molar-refractivity contribution in [1.29, 1.82) is 0 Å². The van der Waals surface area contributed by atoms with Gasteiger partial charge in [-0.25, -0.2) is 0 Å². The van der Waals surface area contributed by atoms with Gasteiger partial charge in [0.2, 0.25) is 0 Å². The van der Waals surface area contributed by atoms with E-state index in [-0.39, 0.29) is 0 Å². The number of nitrogens with zero attached hydrogens (tertiary/aromatic N) is 1. The highest BCUT2D eigenvalue weighted by Crippen LogP contribution is 2.42. The van der Waals surface area contributed by atoms with Crippen LogP contribution in [0.15, 0.2) is 180 Å². The van der Waals surface area contributed by atoms with Crippen LogP contribution in [0.2, 0.25) is 0 Å². The van der Waals surface area contributed by atoms with Crippen LogP contribution in [0.1, 0.15) is 0 Å². The molecule has 216 valence electrons. The zero-order valence-corrected chi connectivity index (χ0v) is 25.1. The molecule has 0 aliphatic rings. The molecule has 0 unspecified atom stereocenters. The van der Waals surface area contributed by atoms with Crippen molar-refractivity contribution in [3.8, 4) is 22.3 Å². The molecule has 0 spiro atoms. The molecule has 0 amide bonds. The molecule has 8 aromatic carbocycles. The van der Waals surface area contributed by atoms with Gasteiger partial charge >= 0.3 is 0 Å². The third kappa shape index (κ3) is 4.35. The summed E-state index contributed by atoms with van der Waals surface area (Å²) >= 11 is 0. The van der Waals surface area contributed by atoms with Crippen molar-refractivity contribution in [3.63, 3.8) is 0 Å². The zero-order chi connectivity index (χ0) is 30.5. The molecule has 0 atom stereocenters. The number of furan rings is 1. The molecule has 2 heteroatoms. The zero-order valence-electron chi connectivity index (χ0n) is 25.1. The number of rotatable bonds is 5. The summed E-state index contributed by atoms with van der Waals surface area (Å²) in [7, 11) is 0. The second kappa shape index (κ2) is 10.8. The minimum absolute atomic E-state index is 0.914. The Balaban J connectivity index is 1.18. The van der Waals surface area contributed by atoms with Gasteiger partial charge in [-0.2, -0.15) is 0 Å². The van der Waals surface area contributed by atoms with Crippen molar-refractivity contribution in [1.82, 2.24) is 0 Å². The van der Waals surface area contributed by atoms with Gasteiger partial charge in [0.1, 0.15) is 11.2 Å². The van der Waals surface area contributed by atoms with E-state index in [1.807, 2.05) is 0 Å². The Morgan fingerprint density at radius 1 is 0.370 bits per heavy atom. The second-order valence-electron chi connectivity index (χ2n) is 11.7. The summed E-state index contributed by atoms with van der Waals surface area (Å²) < 4.78 is 6.68. The van der Waals surface area contributed by atoms with Crippen LogP contribution in [0.25, 0.3) is 65.7 Å². The molecule has 0 saturated heterocycles. The lowest BCUT2D eigenvalue weighted by molar-refractivity contribution is 0.670. The normalized spacial score (nSPS) is 11.5. The number of hydrogen-bond donors (Lipinski definition) is 0. The van der Waals surface area contributed by atoms with Crippen molar-refractivity contribution < 1.29 is 4.42 Å². The fourth-order valence-corrected chi connectivity index (χ4v) is 6.90. The standard InChI is InChI=1S/C44H29NO/c1-3-16-35(17-4-1)45(36-18-5-2-6-19-36)37-20-10-14-33(29-37)32-13-9-15-34(28-32)39-22-11-23-40-43-41(46-44(39)40)27-26-31-25-24-30-12-7-8-21-38(30)42(31)43/h1-29H. The molecular formula is C44H29NO. The topological polar surface area (TPSA) is 16.4 Å². The monoisotopic (exact) mass is 587 g/mol. The number of hydrogen-bond acceptors (Lipinski definition) is 2. The lowest BCUT2D eigenvalue weighted by Gasteiger charge is -2.26. The van der Waals surface area contributed by atoms with E-state index < -0.39 is 0 Å². The third-order valence-corrected chi connectivity index (χ3v) is 9.01. The van der Waals surface area contributed by atoms with Crippen molar-refractivity contribution >= 4 is 60.5 Å². The largest absolute Gasteiger partial charge is 0.455 e. The lowest BCUT2D eigenvalue weighted by atomic mass is 9.95. The average molecular weight is 588 g/mol. The number of benzene rings is 8. The Morgan fingerprint density at radius 3 is 1.76 bits per heavy atom. The molecule has 46 heavy (non-hydrogen) atoms. The first-order chi connectivity index (χ1) is 22.8. The van der Waals surface area contributed by atoms with Gasteiger partial charge < -0.3 is 9.32 Å². The quantitative estimate of drug-likeness (QED) is 0.186. The number of anilines is 3. The van der Waals surface area contributed by atoms with E-state index in [4.69, 9.17) is 4.42 Å². The van der Waals surface area contributed by atoms with Gasteiger partial charge in [-0.05, 0) is 81.4 Å². The van der Waals surface area contributed by atoms with Crippen molar-refractivity contribution in [3.05, 3.63) is 176 Å². The van der Waals surface area contributed by atoms with E-state index >= 15 is 0 Å². The van der Waals surface area contributed by atoms with Crippen LogP contribution >= 0.6 is 0 Å². The molecular weight excluding hydrogens is 558 g/mol. The maximum absolute atomic E-state index is 6.68. The molecule has 0 N–H and O–H groups in total. The number of fused-ring (bicyclic) bond motifs is 7. The highest BCUT2D eigenvalue weighted by Gasteiger charge is 2.17. The SMILES string of the molecule is c1ccc(N(c2ccccc2)c2cccc(-c3cccc(-c4cccc5c4oc4ccc6ccc7ccccc7c6c45)c3)c2)cc1. The van der Waals surface area contributed by atoms with Gasteiger partial charge in [0.15, 0.2) is 0 Å². The van der Waals surface area contributed by atoms with Gasteiger partial charge in [0.05, 0.1) is 0 Å². The summed E-state index contributed by atoms with van der Waals surface area (Å²) in [5, 5.41) is 7.28. The molecule has 0 radical (unpaired) electrons. The van der Waals surface area contributed by atoms with E-state index in [1.165, 1.54) is 26.9 Å². The Morgan fingerprint density at radius 2 is 0.957 bits per heavy atom. The first-order valence-corrected chi connectivity index (χ1v) is 15.7. The van der Waals surface area contributed by atoms with Crippen LogP contribution in [0.5, 0.6) is 0 Å². The molecule has 1 heterocycles. The highest BCUT2D eigenvalue weighted by atomic mass is 16.3. The van der Waals surface area contributed by atoms with E-state index in [9.17, 15) is 0 Å². The maximum atomic E-state index is 6.68. The van der Waals surface area contributed by atoms with E-state index in [2.05, 4.69) is 181 Å². The fourth-order valence-electron chi connectivity index (χ4n) is 6.90. The van der Waals surface area contributed by atoms with Gasteiger partial charge in [-0.1, -0.05) is 127 Å². The van der Waals surface area contributed by atoms with Gasteiger partial charge in [0, 0.05) is 38.8 Å². The molecule has 0 aliphatic carbocycles.